The van der Waals surface area contributed by atoms with Gasteiger partial charge in [-0.25, -0.2) is 0 Å². The summed E-state index contributed by atoms with van der Waals surface area (Å²) >= 11 is 0. The van der Waals surface area contributed by atoms with Crippen LogP contribution in [0.15, 0.2) is 35.4 Å². The molecule has 2 aromatic rings. The van der Waals surface area contributed by atoms with Gasteiger partial charge in [-0.15, -0.1) is 0 Å². The van der Waals surface area contributed by atoms with Crippen LogP contribution in [0.25, 0.3) is 0 Å². The Hall–Kier alpha value is -2.35. The molecule has 0 saturated heterocycles. The minimum atomic E-state index is -0.271. The molecule has 5 nitrogen and oxygen atoms in total. The van der Waals surface area contributed by atoms with Crippen molar-refractivity contribution in [2.24, 2.45) is 0 Å². The van der Waals surface area contributed by atoms with Gasteiger partial charge in [-0.1, -0.05) is 13.8 Å². The predicted molar refractivity (Wildman–Crippen MR) is 76.4 cm³/mol. The average Bonchev–Trinajstić information content (AvgIpc) is 2.91. The van der Waals surface area contributed by atoms with Gasteiger partial charge in [0.05, 0.1) is 18.3 Å². The Labute approximate surface area is 118 Å². The summed E-state index contributed by atoms with van der Waals surface area (Å²) in [7, 11) is 0. The van der Waals surface area contributed by atoms with Gasteiger partial charge in [-0.2, -0.15) is 10.4 Å². The van der Waals surface area contributed by atoms with Crippen molar-refractivity contribution in [3.8, 4) is 6.07 Å². The molecule has 0 atom stereocenters. The van der Waals surface area contributed by atoms with Crippen molar-refractivity contribution >= 4 is 0 Å². The van der Waals surface area contributed by atoms with Gasteiger partial charge in [0.25, 0.3) is 5.56 Å². The first-order valence-corrected chi connectivity index (χ1v) is 6.83. The molecule has 2 heterocycles. The van der Waals surface area contributed by atoms with Crippen molar-refractivity contribution in [2.75, 3.05) is 0 Å². The standard InChI is InChI=1S/C15H18N4O/c1-3-14(4-2)19-9-7-13(17-19)11-18-8-5-6-12(10-16)15(18)20/h5-9,14H,3-4,11H2,1-2H3. The molecule has 20 heavy (non-hydrogen) atoms. The maximum Gasteiger partial charge on any atom is 0.268 e. The number of hydrogen-bond donors (Lipinski definition) is 0. The summed E-state index contributed by atoms with van der Waals surface area (Å²) < 4.78 is 3.46. The SMILES string of the molecule is CCC(CC)n1ccc(Cn2cccc(C#N)c2=O)n1. The van der Waals surface area contributed by atoms with E-state index >= 15 is 0 Å². The van der Waals surface area contributed by atoms with Crippen LogP contribution in [0.3, 0.4) is 0 Å². The van der Waals surface area contributed by atoms with Crippen LogP contribution < -0.4 is 5.56 Å². The molecule has 0 amide bonds. The molecule has 0 N–H and O–H groups in total. The molecule has 0 aliphatic heterocycles. The Balaban J connectivity index is 2.24. The highest BCUT2D eigenvalue weighted by Gasteiger charge is 2.09. The van der Waals surface area contributed by atoms with Crippen LogP contribution in [-0.4, -0.2) is 14.3 Å². The maximum absolute atomic E-state index is 12.0. The van der Waals surface area contributed by atoms with E-state index in [0.29, 0.717) is 12.6 Å². The van der Waals surface area contributed by atoms with Crippen LogP contribution in [0.4, 0.5) is 0 Å². The zero-order chi connectivity index (χ0) is 14.5. The predicted octanol–water partition coefficient (Wildman–Crippen LogP) is 2.33. The molecule has 0 radical (unpaired) electrons. The maximum atomic E-state index is 12.0. The fourth-order valence-corrected chi connectivity index (χ4v) is 2.25. The van der Waals surface area contributed by atoms with Crippen LogP contribution >= 0.6 is 0 Å². The molecule has 2 aromatic heterocycles. The van der Waals surface area contributed by atoms with E-state index < -0.39 is 0 Å². The summed E-state index contributed by atoms with van der Waals surface area (Å²) in [4.78, 5) is 12.0. The largest absolute Gasteiger partial charge is 0.308 e. The smallest absolute Gasteiger partial charge is 0.268 e. The first-order chi connectivity index (χ1) is 9.69. The lowest BCUT2D eigenvalue weighted by atomic mass is 10.2. The van der Waals surface area contributed by atoms with E-state index in [1.54, 1.807) is 12.3 Å². The molecule has 2 rings (SSSR count). The topological polar surface area (TPSA) is 63.6 Å². The molecule has 0 spiro atoms. The summed E-state index contributed by atoms with van der Waals surface area (Å²) in [5, 5.41) is 13.4. The Morgan fingerprint density at radius 2 is 2.05 bits per heavy atom. The first-order valence-electron chi connectivity index (χ1n) is 6.83. The van der Waals surface area contributed by atoms with Gasteiger partial charge >= 0.3 is 0 Å². The van der Waals surface area contributed by atoms with Crippen molar-refractivity contribution in [1.29, 1.82) is 5.26 Å². The molecule has 5 heteroatoms. The lowest BCUT2D eigenvalue weighted by molar-refractivity contribution is 0.424. The van der Waals surface area contributed by atoms with Gasteiger partial charge in [-0.3, -0.25) is 9.48 Å². The van der Waals surface area contributed by atoms with Gasteiger partial charge in [0.1, 0.15) is 11.6 Å². The van der Waals surface area contributed by atoms with E-state index in [9.17, 15) is 4.79 Å². The molecular formula is C15H18N4O. The van der Waals surface area contributed by atoms with E-state index in [1.807, 2.05) is 23.0 Å². The second kappa shape index (κ2) is 6.20. The normalized spacial score (nSPS) is 10.7. The van der Waals surface area contributed by atoms with Crippen LogP contribution in [0, 0.1) is 11.3 Å². The van der Waals surface area contributed by atoms with Crippen molar-refractivity contribution in [1.82, 2.24) is 14.3 Å². The number of nitriles is 1. The highest BCUT2D eigenvalue weighted by molar-refractivity contribution is 5.25. The third kappa shape index (κ3) is 2.80. The van der Waals surface area contributed by atoms with E-state index in [-0.39, 0.29) is 11.1 Å². The number of pyridine rings is 1. The lowest BCUT2D eigenvalue weighted by Gasteiger charge is -2.12. The highest BCUT2D eigenvalue weighted by atomic mass is 16.1. The second-order valence-electron chi connectivity index (χ2n) is 4.72. The molecule has 0 fully saturated rings. The van der Waals surface area contributed by atoms with Gasteiger partial charge in [-0.05, 0) is 31.0 Å². The second-order valence-corrected chi connectivity index (χ2v) is 4.72. The van der Waals surface area contributed by atoms with Crippen LogP contribution in [0.5, 0.6) is 0 Å². The Bertz CT molecular complexity index is 674. The Morgan fingerprint density at radius 1 is 1.30 bits per heavy atom. The van der Waals surface area contributed by atoms with Gasteiger partial charge in [0.2, 0.25) is 0 Å². The van der Waals surface area contributed by atoms with Gasteiger partial charge in [0.15, 0.2) is 0 Å². The fourth-order valence-electron chi connectivity index (χ4n) is 2.25. The van der Waals surface area contributed by atoms with Crippen molar-refractivity contribution < 1.29 is 0 Å². The van der Waals surface area contributed by atoms with E-state index in [0.717, 1.165) is 18.5 Å². The zero-order valence-electron chi connectivity index (χ0n) is 11.8. The van der Waals surface area contributed by atoms with Crippen molar-refractivity contribution in [3.05, 3.63) is 52.2 Å². The summed E-state index contributed by atoms with van der Waals surface area (Å²) in [5.74, 6) is 0. The lowest BCUT2D eigenvalue weighted by Crippen LogP contribution is -2.22. The monoisotopic (exact) mass is 270 g/mol. The van der Waals surface area contributed by atoms with Crippen molar-refractivity contribution in [2.45, 2.75) is 39.3 Å². The number of hydrogen-bond acceptors (Lipinski definition) is 3. The zero-order valence-corrected chi connectivity index (χ0v) is 11.8. The summed E-state index contributed by atoms with van der Waals surface area (Å²) in [5.41, 5.74) is 0.716. The molecule has 0 aliphatic carbocycles. The third-order valence-electron chi connectivity index (χ3n) is 3.45. The summed E-state index contributed by atoms with van der Waals surface area (Å²) in [6.45, 7) is 4.66. The van der Waals surface area contributed by atoms with E-state index in [2.05, 4.69) is 18.9 Å². The molecule has 0 aliphatic rings. The quantitative estimate of drug-likeness (QED) is 0.837. The van der Waals surface area contributed by atoms with Crippen LogP contribution in [0.2, 0.25) is 0 Å². The van der Waals surface area contributed by atoms with Crippen LogP contribution in [0.1, 0.15) is 44.0 Å². The summed E-state index contributed by atoms with van der Waals surface area (Å²) in [6, 6.07) is 7.45. The van der Waals surface area contributed by atoms with E-state index in [1.165, 1.54) is 10.6 Å². The van der Waals surface area contributed by atoms with Crippen molar-refractivity contribution in [3.63, 3.8) is 0 Å². The molecule has 0 unspecified atom stereocenters. The molecule has 0 aromatic carbocycles. The number of nitrogens with zero attached hydrogens (tertiary/aromatic N) is 4. The van der Waals surface area contributed by atoms with Gasteiger partial charge < -0.3 is 4.57 Å². The fraction of sp³-hybridized carbons (Fsp3) is 0.400. The van der Waals surface area contributed by atoms with E-state index in [4.69, 9.17) is 5.26 Å². The Kier molecular flexibility index (Phi) is 4.36. The number of aromatic nitrogens is 3. The summed E-state index contributed by atoms with van der Waals surface area (Å²) in [6.07, 6.45) is 5.69. The third-order valence-corrected chi connectivity index (χ3v) is 3.45. The molecular weight excluding hydrogens is 252 g/mol. The number of rotatable bonds is 5. The van der Waals surface area contributed by atoms with Gasteiger partial charge in [0, 0.05) is 12.4 Å². The first kappa shape index (κ1) is 14.1. The molecule has 0 bridgehead atoms. The van der Waals surface area contributed by atoms with Crippen LogP contribution in [-0.2, 0) is 6.54 Å². The molecule has 104 valence electrons. The highest BCUT2D eigenvalue weighted by Crippen LogP contribution is 2.14. The average molecular weight is 270 g/mol. The minimum absolute atomic E-state index is 0.159. The Morgan fingerprint density at radius 3 is 2.70 bits per heavy atom. The molecule has 0 saturated carbocycles. The minimum Gasteiger partial charge on any atom is -0.308 e.